The smallest absolute Gasteiger partial charge is 0.232 e. The number of anilines is 5. The van der Waals surface area contributed by atoms with Crippen LogP contribution >= 0.6 is 0 Å². The van der Waals surface area contributed by atoms with Gasteiger partial charge in [-0.15, -0.1) is 0 Å². The van der Waals surface area contributed by atoms with Crippen LogP contribution in [0.4, 0.5) is 29.2 Å². The van der Waals surface area contributed by atoms with Crippen molar-refractivity contribution in [2.24, 2.45) is 0 Å². The van der Waals surface area contributed by atoms with Gasteiger partial charge in [0.2, 0.25) is 17.8 Å². The minimum Gasteiger partial charge on any atom is -0.744 e. The van der Waals surface area contributed by atoms with Crippen molar-refractivity contribution in [3.8, 4) is 0 Å². The van der Waals surface area contributed by atoms with Gasteiger partial charge in [0.1, 0.15) is 78.2 Å². The van der Waals surface area contributed by atoms with Crippen molar-refractivity contribution < 1.29 is 88.0 Å². The molecule has 0 amide bonds. The van der Waals surface area contributed by atoms with Crippen LogP contribution < -0.4 is 15.5 Å². The van der Waals surface area contributed by atoms with E-state index in [-0.39, 0.29) is 64.8 Å². The van der Waals surface area contributed by atoms with Gasteiger partial charge in [0.15, 0.2) is 0 Å². The van der Waals surface area contributed by atoms with E-state index >= 15 is 0 Å². The molecule has 29 nitrogen and oxygen atoms in total. The zero-order valence-electron chi connectivity index (χ0n) is 38.9. The summed E-state index contributed by atoms with van der Waals surface area (Å²) in [5.74, 6) is -1.86. The Labute approximate surface area is 434 Å². The summed E-state index contributed by atoms with van der Waals surface area (Å²) >= 11 is 0. The van der Waals surface area contributed by atoms with E-state index < -0.39 is 132 Å². The highest BCUT2D eigenvalue weighted by atomic mass is 32.2. The van der Waals surface area contributed by atoms with E-state index in [1.807, 2.05) is 0 Å². The maximum absolute atomic E-state index is 12.7. The summed E-state index contributed by atoms with van der Waals surface area (Å²) < 4.78 is 219. The molecular formula is C41H37N9O20S6-6. The van der Waals surface area contributed by atoms with Gasteiger partial charge in [-0.3, -0.25) is 0 Å². The predicted octanol–water partition coefficient (Wildman–Crippen LogP) is 0.197. The Morgan fingerprint density at radius 1 is 0.513 bits per heavy atom. The number of aliphatic hydroxyl groups excluding tert-OH is 2. The van der Waals surface area contributed by atoms with E-state index in [0.29, 0.717) is 36.4 Å². The first-order valence-corrected chi connectivity index (χ1v) is 29.5. The number of hydrogen-bond donors (Lipinski definition) is 4. The highest BCUT2D eigenvalue weighted by Gasteiger charge is 2.22. The van der Waals surface area contributed by atoms with Gasteiger partial charge in [-0.25, -0.2) is 55.5 Å². The van der Waals surface area contributed by atoms with E-state index in [1.54, 1.807) is 0 Å². The molecule has 0 saturated heterocycles. The van der Waals surface area contributed by atoms with Crippen LogP contribution in [0.5, 0.6) is 0 Å². The minimum atomic E-state index is -5.40. The van der Waals surface area contributed by atoms with Crippen molar-refractivity contribution in [1.82, 2.24) is 29.9 Å². The Morgan fingerprint density at radius 3 is 1.53 bits per heavy atom. The average molecular weight is 1170 g/mol. The van der Waals surface area contributed by atoms with Crippen LogP contribution in [0.3, 0.4) is 0 Å². The van der Waals surface area contributed by atoms with Gasteiger partial charge in [0.05, 0.1) is 47.3 Å². The van der Waals surface area contributed by atoms with Gasteiger partial charge in [0.25, 0.3) is 0 Å². The second kappa shape index (κ2) is 22.2. The van der Waals surface area contributed by atoms with Gasteiger partial charge in [-0.05, 0) is 97.6 Å². The Hall–Kier alpha value is -6.58. The molecule has 0 aliphatic carbocycles. The Kier molecular flexibility index (Phi) is 17.1. The van der Waals surface area contributed by atoms with Crippen LogP contribution in [0.15, 0.2) is 102 Å². The normalized spacial score (nSPS) is 13.6. The third kappa shape index (κ3) is 15.5. The number of aliphatic hydroxyl groups is 2. The lowest BCUT2D eigenvalue weighted by Crippen LogP contribution is -2.38. The highest BCUT2D eigenvalue weighted by molar-refractivity contribution is 7.87. The third-order valence-electron chi connectivity index (χ3n) is 10.1. The Morgan fingerprint density at radius 2 is 1.00 bits per heavy atom. The predicted molar refractivity (Wildman–Crippen MR) is 255 cm³/mol. The average Bonchev–Trinajstić information content (AvgIpc) is 3.26. The molecule has 35 heteroatoms. The molecule has 2 aromatic heterocycles. The molecule has 2 heterocycles. The summed E-state index contributed by atoms with van der Waals surface area (Å²) in [5.41, 5.74) is -2.08. The minimum absolute atomic E-state index is 0.00988. The van der Waals surface area contributed by atoms with Crippen LogP contribution in [-0.4, -0.2) is 143 Å². The number of hydrogen-bond acceptors (Lipinski definition) is 29. The van der Waals surface area contributed by atoms with E-state index in [0.717, 1.165) is 36.4 Å². The number of rotatable bonds is 21. The topological polar surface area (TPSA) is 488 Å². The lowest BCUT2D eigenvalue weighted by molar-refractivity contribution is 0.177. The zero-order chi connectivity index (χ0) is 56.5. The van der Waals surface area contributed by atoms with Crippen molar-refractivity contribution >= 4 is 102 Å². The second-order valence-corrected chi connectivity index (χ2v) is 24.5. The lowest BCUT2D eigenvalue weighted by atomic mass is 10.1. The Bertz CT molecular complexity index is 3990. The monoisotopic (exact) mass is 1170 g/mol. The molecule has 6 aromatic rings. The van der Waals surface area contributed by atoms with Crippen molar-refractivity contribution in [2.45, 2.75) is 75.2 Å². The molecule has 2 unspecified atom stereocenters. The summed E-state index contributed by atoms with van der Waals surface area (Å²) in [5, 5.41) is 25.5. The molecule has 0 radical (unpaired) electrons. The van der Waals surface area contributed by atoms with Gasteiger partial charge >= 0.3 is 0 Å². The van der Waals surface area contributed by atoms with Crippen LogP contribution in [0, 0.1) is 6.92 Å². The van der Waals surface area contributed by atoms with E-state index in [9.17, 15) is 88.0 Å². The maximum atomic E-state index is 12.7. The molecule has 0 saturated carbocycles. The number of nitrogens with zero attached hydrogens (tertiary/aromatic N) is 7. The van der Waals surface area contributed by atoms with Crippen molar-refractivity contribution in [2.75, 3.05) is 28.6 Å². The number of aromatic nitrogens is 6. The third-order valence-corrected chi connectivity index (χ3v) is 15.4. The quantitative estimate of drug-likeness (QED) is 0.0552. The molecule has 4 aromatic carbocycles. The SMILES string of the molecule is Cc1nc(Cc2cc(S(=O)(=O)[O-])ccc2S(=O)(=O)[O-])nc(Nc2ccc(/C=C/c3ccc(Cc4nc(Nc5cc(S(=O)(=O)[O-])ccc5S(=O)(=O)[O-])nc(N(CC(C)O)CC(C)O)n4)cc3S(=O)(=O)[O-])c(S(=O)(=O)[O-])c2)n1. The lowest BCUT2D eigenvalue weighted by Gasteiger charge is -2.26. The first-order chi connectivity index (χ1) is 34.9. The number of benzene rings is 4. The van der Waals surface area contributed by atoms with E-state index in [4.69, 9.17) is 0 Å². The van der Waals surface area contributed by atoms with Crippen LogP contribution in [0.1, 0.15) is 53.6 Å². The fraction of sp³-hybridized carbons (Fsp3) is 0.220. The largest absolute Gasteiger partial charge is 0.744 e. The van der Waals surface area contributed by atoms with Crippen LogP contribution in [-0.2, 0) is 73.6 Å². The van der Waals surface area contributed by atoms with Gasteiger partial charge < -0.3 is 53.1 Å². The van der Waals surface area contributed by atoms with Gasteiger partial charge in [-0.2, -0.15) is 24.9 Å². The molecule has 6 rings (SSSR count). The first kappa shape index (κ1) is 58.7. The number of nitrogens with one attached hydrogen (secondary N) is 2. The molecule has 76 heavy (non-hydrogen) atoms. The van der Waals surface area contributed by atoms with Gasteiger partial charge in [-0.1, -0.05) is 30.4 Å². The van der Waals surface area contributed by atoms with Crippen LogP contribution in [0.25, 0.3) is 12.2 Å². The number of aryl methyl sites for hydroxylation is 1. The summed E-state index contributed by atoms with van der Waals surface area (Å²) in [6.07, 6.45) is -1.32. The fourth-order valence-electron chi connectivity index (χ4n) is 7.10. The summed E-state index contributed by atoms with van der Waals surface area (Å²) in [4.78, 5) is 20.5. The second-order valence-electron chi connectivity index (χ2n) is 16.3. The van der Waals surface area contributed by atoms with Crippen molar-refractivity contribution in [1.29, 1.82) is 0 Å². The zero-order valence-corrected chi connectivity index (χ0v) is 43.8. The molecule has 408 valence electrons. The van der Waals surface area contributed by atoms with E-state index in [1.165, 1.54) is 37.8 Å². The fourth-order valence-corrected chi connectivity index (χ4v) is 10.8. The molecular weight excluding hydrogens is 1130 g/mol. The molecule has 0 spiro atoms. The first-order valence-electron chi connectivity index (χ1n) is 21.0. The van der Waals surface area contributed by atoms with E-state index in [2.05, 4.69) is 40.5 Å². The molecule has 0 aliphatic rings. The van der Waals surface area contributed by atoms with Crippen molar-refractivity contribution in [3.05, 3.63) is 113 Å². The summed E-state index contributed by atoms with van der Waals surface area (Å²) in [6.45, 7) is 3.61. The molecule has 4 N–H and O–H groups in total. The van der Waals surface area contributed by atoms with Gasteiger partial charge in [0, 0.05) is 31.6 Å². The van der Waals surface area contributed by atoms with Crippen LogP contribution in [0.2, 0.25) is 0 Å². The molecule has 2 atom stereocenters. The van der Waals surface area contributed by atoms with Crippen molar-refractivity contribution in [3.63, 3.8) is 0 Å². The maximum Gasteiger partial charge on any atom is 0.232 e. The molecule has 0 fully saturated rings. The summed E-state index contributed by atoms with van der Waals surface area (Å²) in [6, 6.07) is 9.98. The summed E-state index contributed by atoms with van der Waals surface area (Å²) in [7, 11) is -31.7. The standard InChI is InChI=1S/C41H43N9O20S6/c1-22(51)20-50(21-23(2)52)41-48-37(46-40(49-41)45-32-19-31(72(56,57)58)11-13-34(32)74(62,63)64)15-25-4-5-26(35(14-25)75(65,66)67)6-7-27-8-9-29(18-36(27)76(68,69)70)44-39-43-24(3)42-38(47-39)17-28-16-30(71(53,54)55)10-12-33(28)73(59,60)61/h4-14,16,18-19,22-23,51-52H,15,17,20-21H2,1-3H3,(H,53,54,55)(H,56,57,58)(H,59,60,61)(H,62,63,64)(H,65,66,67)(H,68,69,70)(H,42,43,44,47)(H,45,46,48,49)/p-6/b7-6+. The Balaban J connectivity index is 1.35. The molecule has 0 aliphatic heterocycles. The molecule has 0 bridgehead atoms. The highest BCUT2D eigenvalue weighted by Crippen LogP contribution is 2.30.